The highest BCUT2D eigenvalue weighted by Gasteiger charge is 2.30. The number of rotatable bonds is 4. The number of hydrogen-bond donors (Lipinski definition) is 0. The minimum absolute atomic E-state index is 0.112. The first-order chi connectivity index (χ1) is 15.7. The zero-order chi connectivity index (χ0) is 23.8. The second kappa shape index (κ2) is 9.65. The van der Waals surface area contributed by atoms with Crippen molar-refractivity contribution in [3.05, 3.63) is 58.1 Å². The summed E-state index contributed by atoms with van der Waals surface area (Å²) in [5.74, 6) is 0.431. The number of anilines is 1. The van der Waals surface area contributed by atoms with Crippen molar-refractivity contribution in [3.63, 3.8) is 0 Å². The number of amides is 1. The molecule has 0 saturated carbocycles. The van der Waals surface area contributed by atoms with Crippen LogP contribution in [0.2, 0.25) is 5.02 Å². The van der Waals surface area contributed by atoms with Crippen LogP contribution in [0, 0.1) is 19.8 Å². The van der Waals surface area contributed by atoms with Gasteiger partial charge in [0, 0.05) is 55.5 Å². The first-order valence-electron chi connectivity index (χ1n) is 11.6. The van der Waals surface area contributed by atoms with Crippen LogP contribution in [-0.2, 0) is 10.0 Å². The Bertz CT molecular complexity index is 1140. The molecule has 2 aromatic rings. The third-order valence-electron chi connectivity index (χ3n) is 6.90. The summed E-state index contributed by atoms with van der Waals surface area (Å²) in [6.45, 7) is 9.69. The number of carbonyl (C=O) groups excluding carboxylic acids is 1. The van der Waals surface area contributed by atoms with Crippen LogP contribution in [0.25, 0.3) is 0 Å². The average molecular weight is 490 g/mol. The van der Waals surface area contributed by atoms with E-state index >= 15 is 0 Å². The summed E-state index contributed by atoms with van der Waals surface area (Å²) >= 11 is 6.18. The van der Waals surface area contributed by atoms with E-state index < -0.39 is 10.0 Å². The lowest BCUT2D eigenvalue weighted by atomic mass is 10.0. The molecule has 0 atom stereocenters. The summed E-state index contributed by atoms with van der Waals surface area (Å²) in [4.78, 5) is 17.6. The van der Waals surface area contributed by atoms with E-state index in [1.165, 1.54) is 0 Å². The van der Waals surface area contributed by atoms with Gasteiger partial charge in [-0.05, 0) is 68.0 Å². The maximum Gasteiger partial charge on any atom is 0.254 e. The number of nitrogens with zero attached hydrogens (tertiary/aromatic N) is 3. The van der Waals surface area contributed by atoms with Crippen molar-refractivity contribution in [1.29, 1.82) is 0 Å². The summed E-state index contributed by atoms with van der Waals surface area (Å²) in [5.41, 5.74) is 3.50. The Morgan fingerprint density at radius 1 is 0.909 bits per heavy atom. The lowest BCUT2D eigenvalue weighted by Crippen LogP contribution is -2.49. The summed E-state index contributed by atoms with van der Waals surface area (Å²) in [7, 11) is -3.60. The molecule has 2 heterocycles. The minimum atomic E-state index is -3.60. The Morgan fingerprint density at radius 3 is 2.21 bits per heavy atom. The van der Waals surface area contributed by atoms with Crippen LogP contribution >= 0.6 is 11.6 Å². The molecule has 0 aromatic heterocycles. The number of piperazine rings is 1. The van der Waals surface area contributed by atoms with Gasteiger partial charge in [-0.25, -0.2) is 8.42 Å². The predicted molar refractivity (Wildman–Crippen MR) is 133 cm³/mol. The van der Waals surface area contributed by atoms with Crippen LogP contribution in [0.15, 0.2) is 41.3 Å². The zero-order valence-corrected chi connectivity index (χ0v) is 21.1. The Labute approximate surface area is 202 Å². The Morgan fingerprint density at radius 2 is 1.55 bits per heavy atom. The third kappa shape index (κ3) is 5.05. The highest BCUT2D eigenvalue weighted by atomic mass is 35.5. The molecule has 4 rings (SSSR count). The Balaban J connectivity index is 1.49. The van der Waals surface area contributed by atoms with Gasteiger partial charge in [0.15, 0.2) is 0 Å². The van der Waals surface area contributed by atoms with E-state index in [9.17, 15) is 13.2 Å². The predicted octanol–water partition coefficient (Wildman–Crippen LogP) is 4.34. The number of benzene rings is 2. The molecule has 0 radical (unpaired) electrons. The van der Waals surface area contributed by atoms with Crippen molar-refractivity contribution < 1.29 is 13.2 Å². The summed E-state index contributed by atoms with van der Waals surface area (Å²) in [6.07, 6.45) is 1.74. The number of piperidine rings is 1. The molecule has 8 heteroatoms. The van der Waals surface area contributed by atoms with Crippen molar-refractivity contribution >= 4 is 33.2 Å². The average Bonchev–Trinajstić information content (AvgIpc) is 2.81. The lowest BCUT2D eigenvalue weighted by molar-refractivity contribution is 0.0746. The molecule has 0 aliphatic carbocycles. The van der Waals surface area contributed by atoms with Crippen LogP contribution in [0.4, 0.5) is 5.69 Å². The first-order valence-corrected chi connectivity index (χ1v) is 13.4. The van der Waals surface area contributed by atoms with E-state index in [0.29, 0.717) is 55.8 Å². The smallest absolute Gasteiger partial charge is 0.254 e. The van der Waals surface area contributed by atoms with Crippen LogP contribution in [0.1, 0.15) is 41.3 Å². The fourth-order valence-corrected chi connectivity index (χ4v) is 6.27. The molecule has 2 fully saturated rings. The molecular weight excluding hydrogens is 458 g/mol. The second-order valence-electron chi connectivity index (χ2n) is 9.27. The van der Waals surface area contributed by atoms with Gasteiger partial charge in [-0.3, -0.25) is 4.79 Å². The first kappa shape index (κ1) is 24.0. The van der Waals surface area contributed by atoms with Gasteiger partial charge < -0.3 is 9.80 Å². The fraction of sp³-hybridized carbons (Fsp3) is 0.480. The highest BCUT2D eigenvalue weighted by Crippen LogP contribution is 2.27. The van der Waals surface area contributed by atoms with Gasteiger partial charge >= 0.3 is 0 Å². The molecule has 178 valence electrons. The summed E-state index contributed by atoms with van der Waals surface area (Å²) in [6, 6.07) is 10.8. The molecule has 1 amide bonds. The van der Waals surface area contributed by atoms with Gasteiger partial charge in [0.05, 0.1) is 4.90 Å². The molecule has 0 spiro atoms. The number of carbonyl (C=O) groups is 1. The normalized spacial score (nSPS) is 18.5. The largest absolute Gasteiger partial charge is 0.368 e. The Kier molecular flexibility index (Phi) is 7.03. The quantitative estimate of drug-likeness (QED) is 0.641. The Hall–Kier alpha value is -2.09. The van der Waals surface area contributed by atoms with Gasteiger partial charge in [-0.15, -0.1) is 0 Å². The summed E-state index contributed by atoms with van der Waals surface area (Å²) in [5, 5.41) is 0.700. The van der Waals surface area contributed by atoms with Crippen molar-refractivity contribution in [2.75, 3.05) is 44.2 Å². The van der Waals surface area contributed by atoms with Crippen LogP contribution in [-0.4, -0.2) is 62.8 Å². The molecule has 2 aromatic carbocycles. The summed E-state index contributed by atoms with van der Waals surface area (Å²) < 4.78 is 28.0. The highest BCUT2D eigenvalue weighted by molar-refractivity contribution is 7.89. The SMILES string of the molecule is Cc1ccc(S(=O)(=O)N2CCC(C)CC2)cc1C(=O)N1CCN(c2cc(Cl)ccc2C)CC1. The van der Waals surface area contributed by atoms with Gasteiger partial charge in [0.1, 0.15) is 0 Å². The van der Waals surface area contributed by atoms with Crippen molar-refractivity contribution in [2.24, 2.45) is 5.92 Å². The van der Waals surface area contributed by atoms with Crippen LogP contribution in [0.5, 0.6) is 0 Å². The topological polar surface area (TPSA) is 60.9 Å². The zero-order valence-electron chi connectivity index (χ0n) is 19.6. The van der Waals surface area contributed by atoms with E-state index in [4.69, 9.17) is 11.6 Å². The number of hydrogen-bond acceptors (Lipinski definition) is 4. The number of sulfonamides is 1. The number of aryl methyl sites for hydroxylation is 2. The minimum Gasteiger partial charge on any atom is -0.368 e. The molecule has 0 bridgehead atoms. The van der Waals surface area contributed by atoms with Gasteiger partial charge in [0.25, 0.3) is 5.91 Å². The molecule has 2 aliphatic heterocycles. The third-order valence-corrected chi connectivity index (χ3v) is 9.03. The van der Waals surface area contributed by atoms with Crippen molar-refractivity contribution in [2.45, 2.75) is 38.5 Å². The van der Waals surface area contributed by atoms with E-state index in [1.54, 1.807) is 22.5 Å². The molecule has 0 N–H and O–H groups in total. The van der Waals surface area contributed by atoms with Gasteiger partial charge in [-0.2, -0.15) is 4.31 Å². The lowest BCUT2D eigenvalue weighted by Gasteiger charge is -2.37. The molecule has 6 nitrogen and oxygen atoms in total. The fourth-order valence-electron chi connectivity index (χ4n) is 4.61. The van der Waals surface area contributed by atoms with E-state index in [1.807, 2.05) is 30.0 Å². The van der Waals surface area contributed by atoms with E-state index in [0.717, 1.165) is 29.7 Å². The molecular formula is C25H32ClN3O3S. The standard InChI is InChI=1S/C25H32ClN3O3S/c1-18-8-10-29(11-9-18)33(31,32)22-7-5-19(2)23(17-22)25(30)28-14-12-27(13-15-28)24-16-21(26)6-4-20(24)3/h4-7,16-18H,8-15H2,1-3H3. The van der Waals surface area contributed by atoms with Gasteiger partial charge in [-0.1, -0.05) is 30.7 Å². The van der Waals surface area contributed by atoms with Crippen LogP contribution < -0.4 is 4.90 Å². The van der Waals surface area contributed by atoms with Crippen molar-refractivity contribution in [3.8, 4) is 0 Å². The van der Waals surface area contributed by atoms with Gasteiger partial charge in [0.2, 0.25) is 10.0 Å². The molecule has 2 saturated heterocycles. The molecule has 2 aliphatic rings. The second-order valence-corrected chi connectivity index (χ2v) is 11.6. The van der Waals surface area contributed by atoms with Crippen molar-refractivity contribution in [1.82, 2.24) is 9.21 Å². The monoisotopic (exact) mass is 489 g/mol. The van der Waals surface area contributed by atoms with E-state index in [2.05, 4.69) is 18.7 Å². The number of halogens is 1. The molecule has 0 unspecified atom stereocenters. The van der Waals surface area contributed by atoms with E-state index in [-0.39, 0.29) is 10.8 Å². The molecule has 33 heavy (non-hydrogen) atoms. The van der Waals surface area contributed by atoms with Crippen LogP contribution in [0.3, 0.4) is 0 Å². The maximum absolute atomic E-state index is 13.4. The maximum atomic E-state index is 13.4.